The topological polar surface area (TPSA) is 71.7 Å². The van der Waals surface area contributed by atoms with Crippen LogP contribution in [0.2, 0.25) is 0 Å². The molecule has 17 heavy (non-hydrogen) atoms. The van der Waals surface area contributed by atoms with Crippen molar-refractivity contribution in [3.8, 4) is 0 Å². The third-order valence-corrected chi connectivity index (χ3v) is 2.37. The van der Waals surface area contributed by atoms with E-state index < -0.39 is 5.97 Å². The number of carbonyl (C=O) groups is 1. The first-order chi connectivity index (χ1) is 8.02. The second kappa shape index (κ2) is 6.42. The average Bonchev–Trinajstić information content (AvgIpc) is 2.73. The van der Waals surface area contributed by atoms with Gasteiger partial charge in [0.15, 0.2) is 0 Å². The molecule has 2 N–H and O–H groups in total. The van der Waals surface area contributed by atoms with Crippen LogP contribution in [-0.2, 0) is 11.3 Å². The van der Waals surface area contributed by atoms with E-state index in [1.807, 2.05) is 6.92 Å². The Hall–Kier alpha value is -1.33. The number of furan rings is 1. The number of methoxy groups -OCH3 is 1. The van der Waals surface area contributed by atoms with Gasteiger partial charge < -0.3 is 19.6 Å². The Morgan fingerprint density at radius 3 is 2.82 bits per heavy atom. The van der Waals surface area contributed by atoms with Gasteiger partial charge in [-0.05, 0) is 32.4 Å². The lowest BCUT2D eigenvalue weighted by molar-refractivity contribution is 0.0563. The monoisotopic (exact) mass is 241 g/mol. The smallest absolute Gasteiger partial charge is 0.373 e. The van der Waals surface area contributed by atoms with Crippen molar-refractivity contribution in [1.82, 2.24) is 5.32 Å². The second-order valence-corrected chi connectivity index (χ2v) is 4.12. The number of hydrogen-bond acceptors (Lipinski definition) is 5. The number of nitrogens with one attached hydrogen (secondary N) is 1. The van der Waals surface area contributed by atoms with Gasteiger partial charge in [0.2, 0.25) is 5.76 Å². The van der Waals surface area contributed by atoms with Crippen LogP contribution in [0.15, 0.2) is 16.5 Å². The highest BCUT2D eigenvalue weighted by Gasteiger charge is 2.12. The zero-order valence-corrected chi connectivity index (χ0v) is 10.4. The average molecular weight is 241 g/mol. The standard InChI is InChI=1S/C12H19NO4/c1-8(6-9(2)14)13-7-10-4-5-11(17-10)12(15)16-3/h4-5,8-9,13-14H,6-7H2,1-3H3. The van der Waals surface area contributed by atoms with Crippen LogP contribution in [0.5, 0.6) is 0 Å². The molecule has 0 bridgehead atoms. The number of carbonyl (C=O) groups excluding carboxylic acids is 1. The Balaban J connectivity index is 2.42. The molecule has 0 saturated carbocycles. The number of ether oxygens (including phenoxy) is 1. The highest BCUT2D eigenvalue weighted by molar-refractivity contribution is 5.86. The minimum Gasteiger partial charge on any atom is -0.463 e. The molecule has 0 amide bonds. The van der Waals surface area contributed by atoms with E-state index in [1.165, 1.54) is 7.11 Å². The number of rotatable bonds is 6. The third-order valence-electron chi connectivity index (χ3n) is 2.37. The van der Waals surface area contributed by atoms with Crippen molar-refractivity contribution in [2.75, 3.05) is 7.11 Å². The molecule has 5 nitrogen and oxygen atoms in total. The first-order valence-electron chi connectivity index (χ1n) is 5.61. The van der Waals surface area contributed by atoms with Gasteiger partial charge in [0.25, 0.3) is 0 Å². The van der Waals surface area contributed by atoms with Crippen molar-refractivity contribution in [3.05, 3.63) is 23.7 Å². The molecule has 5 heteroatoms. The molecule has 1 aromatic heterocycles. The molecule has 96 valence electrons. The summed E-state index contributed by atoms with van der Waals surface area (Å²) in [4.78, 5) is 11.1. The molecule has 0 aliphatic rings. The van der Waals surface area contributed by atoms with E-state index in [9.17, 15) is 9.90 Å². The quantitative estimate of drug-likeness (QED) is 0.735. The van der Waals surface area contributed by atoms with Gasteiger partial charge in [0.1, 0.15) is 5.76 Å². The fraction of sp³-hybridized carbons (Fsp3) is 0.583. The Kier molecular flexibility index (Phi) is 5.18. The molecule has 0 aliphatic carbocycles. The molecule has 0 radical (unpaired) electrons. The minimum atomic E-state index is -0.478. The summed E-state index contributed by atoms with van der Waals surface area (Å²) in [6, 6.07) is 3.50. The number of aliphatic hydroxyl groups excluding tert-OH is 1. The van der Waals surface area contributed by atoms with E-state index in [-0.39, 0.29) is 17.9 Å². The third kappa shape index (κ3) is 4.58. The highest BCUT2D eigenvalue weighted by atomic mass is 16.5. The van der Waals surface area contributed by atoms with Crippen LogP contribution >= 0.6 is 0 Å². The fourth-order valence-electron chi connectivity index (χ4n) is 1.55. The summed E-state index contributed by atoms with van der Waals surface area (Å²) in [5.41, 5.74) is 0. The zero-order valence-electron chi connectivity index (χ0n) is 10.4. The lowest BCUT2D eigenvalue weighted by Crippen LogP contribution is -2.28. The van der Waals surface area contributed by atoms with Gasteiger partial charge in [-0.25, -0.2) is 4.79 Å². The molecule has 1 rings (SSSR count). The van der Waals surface area contributed by atoms with E-state index in [0.29, 0.717) is 18.7 Å². The molecule has 2 atom stereocenters. The van der Waals surface area contributed by atoms with Gasteiger partial charge in [-0.15, -0.1) is 0 Å². The number of aliphatic hydroxyl groups is 1. The van der Waals surface area contributed by atoms with Crippen LogP contribution in [0.25, 0.3) is 0 Å². The largest absolute Gasteiger partial charge is 0.463 e. The van der Waals surface area contributed by atoms with E-state index in [1.54, 1.807) is 19.1 Å². The Morgan fingerprint density at radius 2 is 2.24 bits per heavy atom. The van der Waals surface area contributed by atoms with E-state index in [4.69, 9.17) is 4.42 Å². The first-order valence-corrected chi connectivity index (χ1v) is 5.61. The predicted molar refractivity (Wildman–Crippen MR) is 62.6 cm³/mol. The Morgan fingerprint density at radius 1 is 1.53 bits per heavy atom. The van der Waals surface area contributed by atoms with E-state index in [0.717, 1.165) is 0 Å². The van der Waals surface area contributed by atoms with Crippen molar-refractivity contribution in [2.45, 2.75) is 39.0 Å². The lowest BCUT2D eigenvalue weighted by atomic mass is 10.1. The van der Waals surface area contributed by atoms with Gasteiger partial charge in [0.05, 0.1) is 19.8 Å². The molecule has 0 aromatic carbocycles. The van der Waals surface area contributed by atoms with Crippen LogP contribution in [0, 0.1) is 0 Å². The molecule has 0 saturated heterocycles. The van der Waals surface area contributed by atoms with Gasteiger partial charge in [-0.1, -0.05) is 0 Å². The first kappa shape index (κ1) is 13.7. The SMILES string of the molecule is COC(=O)c1ccc(CNC(C)CC(C)O)o1. The molecule has 0 fully saturated rings. The summed E-state index contributed by atoms with van der Waals surface area (Å²) in [7, 11) is 1.31. The maximum Gasteiger partial charge on any atom is 0.373 e. The van der Waals surface area contributed by atoms with Crippen molar-refractivity contribution in [1.29, 1.82) is 0 Å². The molecule has 0 spiro atoms. The molecule has 1 heterocycles. The summed E-state index contributed by atoms with van der Waals surface area (Å²) >= 11 is 0. The van der Waals surface area contributed by atoms with Gasteiger partial charge in [-0.3, -0.25) is 0 Å². The second-order valence-electron chi connectivity index (χ2n) is 4.12. The minimum absolute atomic E-state index is 0.182. The lowest BCUT2D eigenvalue weighted by Gasteiger charge is -2.14. The maximum absolute atomic E-state index is 11.1. The van der Waals surface area contributed by atoms with E-state index >= 15 is 0 Å². The Bertz CT molecular complexity index is 359. The maximum atomic E-state index is 11.1. The molecule has 0 aliphatic heterocycles. The van der Waals surface area contributed by atoms with E-state index in [2.05, 4.69) is 10.1 Å². The van der Waals surface area contributed by atoms with Gasteiger partial charge in [0, 0.05) is 6.04 Å². The van der Waals surface area contributed by atoms with Crippen molar-refractivity contribution < 1.29 is 19.1 Å². The van der Waals surface area contributed by atoms with Crippen molar-refractivity contribution in [3.63, 3.8) is 0 Å². The summed E-state index contributed by atoms with van der Waals surface area (Å²) in [5, 5.41) is 12.4. The molecule has 2 unspecified atom stereocenters. The molecular formula is C12H19NO4. The summed E-state index contributed by atoms with van der Waals surface area (Å²) in [5.74, 6) is 0.392. The van der Waals surface area contributed by atoms with Crippen molar-refractivity contribution >= 4 is 5.97 Å². The molecule has 1 aromatic rings. The van der Waals surface area contributed by atoms with Crippen LogP contribution < -0.4 is 5.32 Å². The molecular weight excluding hydrogens is 222 g/mol. The van der Waals surface area contributed by atoms with Gasteiger partial charge >= 0.3 is 5.97 Å². The predicted octanol–water partition coefficient (Wildman–Crippen LogP) is 1.32. The van der Waals surface area contributed by atoms with Crippen LogP contribution in [0.3, 0.4) is 0 Å². The fourth-order valence-corrected chi connectivity index (χ4v) is 1.55. The summed E-state index contributed by atoms with van der Waals surface area (Å²) in [6.07, 6.45) is 0.338. The number of esters is 1. The van der Waals surface area contributed by atoms with Crippen molar-refractivity contribution in [2.24, 2.45) is 0 Å². The van der Waals surface area contributed by atoms with Crippen LogP contribution in [0.4, 0.5) is 0 Å². The Labute approximate surface area is 101 Å². The highest BCUT2D eigenvalue weighted by Crippen LogP contribution is 2.09. The van der Waals surface area contributed by atoms with Gasteiger partial charge in [-0.2, -0.15) is 0 Å². The normalized spacial score (nSPS) is 14.4. The van der Waals surface area contributed by atoms with Crippen LogP contribution in [-0.4, -0.2) is 30.3 Å². The van der Waals surface area contributed by atoms with Crippen LogP contribution in [0.1, 0.15) is 36.6 Å². The summed E-state index contributed by atoms with van der Waals surface area (Å²) in [6.45, 7) is 4.25. The number of hydrogen-bond donors (Lipinski definition) is 2. The zero-order chi connectivity index (χ0) is 12.8. The summed E-state index contributed by atoms with van der Waals surface area (Å²) < 4.78 is 9.83.